The summed E-state index contributed by atoms with van der Waals surface area (Å²) < 4.78 is 49.8. The van der Waals surface area contributed by atoms with Gasteiger partial charge in [-0.15, -0.1) is 12.4 Å². The van der Waals surface area contributed by atoms with Gasteiger partial charge in [0.15, 0.2) is 24.8 Å². The standard InChI is InChI=1S/C23H29N3O5S3.ClH/c1-4-25(5-2)14-15-26(22(27)13-16-34(30,31)18-9-7-6-8-10-18)23-24-20-12-11-19(33(3,28)29)17-21(20)32-23;/h6-12,17H,4-5,13-16H2,1-3H3;1H. The third kappa shape index (κ3) is 7.47. The Kier molecular flexibility index (Phi) is 10.2. The van der Waals surface area contributed by atoms with E-state index in [4.69, 9.17) is 0 Å². The Bertz CT molecular complexity index is 1360. The molecule has 0 N–H and O–H groups in total. The lowest BCUT2D eigenvalue weighted by atomic mass is 10.3. The van der Waals surface area contributed by atoms with Gasteiger partial charge in [-0.3, -0.25) is 9.69 Å². The number of carbonyl (C=O) groups excluding carboxylic acids is 1. The summed E-state index contributed by atoms with van der Waals surface area (Å²) >= 11 is 1.22. The number of halogens is 1. The second-order valence-corrected chi connectivity index (χ2v) is 13.0. The molecule has 0 atom stereocenters. The number of benzene rings is 2. The highest BCUT2D eigenvalue weighted by Gasteiger charge is 2.24. The molecule has 0 radical (unpaired) electrons. The zero-order chi connectivity index (χ0) is 24.9. The molecule has 35 heavy (non-hydrogen) atoms. The van der Waals surface area contributed by atoms with Crippen molar-refractivity contribution < 1.29 is 21.6 Å². The average molecular weight is 560 g/mol. The van der Waals surface area contributed by atoms with Gasteiger partial charge in [0.05, 0.1) is 25.8 Å². The Morgan fingerprint density at radius 2 is 1.60 bits per heavy atom. The van der Waals surface area contributed by atoms with Gasteiger partial charge in [0.1, 0.15) is 0 Å². The van der Waals surface area contributed by atoms with Crippen LogP contribution in [0.3, 0.4) is 0 Å². The minimum absolute atomic E-state index is 0. The van der Waals surface area contributed by atoms with Crippen molar-refractivity contribution in [3.8, 4) is 0 Å². The molecule has 3 rings (SSSR count). The highest BCUT2D eigenvalue weighted by molar-refractivity contribution is 7.91. The van der Waals surface area contributed by atoms with Crippen LogP contribution in [0.2, 0.25) is 0 Å². The van der Waals surface area contributed by atoms with Crippen molar-refractivity contribution in [2.45, 2.75) is 30.1 Å². The second kappa shape index (κ2) is 12.3. The van der Waals surface area contributed by atoms with Crippen LogP contribution >= 0.6 is 23.7 Å². The van der Waals surface area contributed by atoms with Crippen LogP contribution in [-0.4, -0.2) is 70.8 Å². The summed E-state index contributed by atoms with van der Waals surface area (Å²) in [5, 5.41) is 0.426. The number of hydrogen-bond acceptors (Lipinski definition) is 8. The van der Waals surface area contributed by atoms with Gasteiger partial charge in [-0.25, -0.2) is 21.8 Å². The minimum atomic E-state index is -3.60. The molecule has 0 bridgehead atoms. The molecule has 2 aromatic carbocycles. The topological polar surface area (TPSA) is 105 Å². The summed E-state index contributed by atoms with van der Waals surface area (Å²) in [6, 6.07) is 12.7. The maximum atomic E-state index is 13.2. The number of nitrogens with zero attached hydrogens (tertiary/aromatic N) is 3. The van der Waals surface area contributed by atoms with Crippen molar-refractivity contribution in [2.75, 3.05) is 43.1 Å². The van der Waals surface area contributed by atoms with E-state index >= 15 is 0 Å². The molecule has 0 saturated heterocycles. The number of amides is 1. The third-order valence-electron chi connectivity index (χ3n) is 5.53. The lowest BCUT2D eigenvalue weighted by molar-refractivity contribution is -0.118. The van der Waals surface area contributed by atoms with E-state index in [1.165, 1.54) is 34.4 Å². The molecule has 3 aromatic rings. The summed E-state index contributed by atoms with van der Waals surface area (Å²) in [5.74, 6) is -0.644. The first-order valence-corrected chi connectivity index (χ1v) is 15.3. The molecule has 1 heterocycles. The fraction of sp³-hybridized carbons (Fsp3) is 0.391. The molecule has 0 spiro atoms. The first kappa shape index (κ1) is 29.2. The lowest BCUT2D eigenvalue weighted by Gasteiger charge is -2.24. The highest BCUT2D eigenvalue weighted by Crippen LogP contribution is 2.31. The van der Waals surface area contributed by atoms with Crippen molar-refractivity contribution in [3.05, 3.63) is 48.5 Å². The number of aromatic nitrogens is 1. The highest BCUT2D eigenvalue weighted by atomic mass is 35.5. The fourth-order valence-corrected chi connectivity index (χ4v) is 6.47. The van der Waals surface area contributed by atoms with Gasteiger partial charge in [-0.2, -0.15) is 0 Å². The molecule has 0 aliphatic rings. The first-order chi connectivity index (χ1) is 16.0. The lowest BCUT2D eigenvalue weighted by Crippen LogP contribution is -2.39. The number of anilines is 1. The number of likely N-dealkylation sites (N-methyl/N-ethyl adjacent to an activating group) is 1. The number of fused-ring (bicyclic) bond motifs is 1. The van der Waals surface area contributed by atoms with E-state index in [1.807, 2.05) is 13.8 Å². The maximum absolute atomic E-state index is 13.2. The third-order valence-corrected chi connectivity index (χ3v) is 9.41. The Balaban J connectivity index is 0.00000432. The molecule has 0 aliphatic heterocycles. The van der Waals surface area contributed by atoms with Crippen molar-refractivity contribution in [3.63, 3.8) is 0 Å². The van der Waals surface area contributed by atoms with Gasteiger partial charge in [0.2, 0.25) is 5.91 Å². The molecule has 1 amide bonds. The molecule has 0 aliphatic carbocycles. The van der Waals surface area contributed by atoms with Gasteiger partial charge >= 0.3 is 0 Å². The zero-order valence-electron chi connectivity index (χ0n) is 19.9. The van der Waals surface area contributed by atoms with E-state index in [9.17, 15) is 21.6 Å². The summed E-state index contributed by atoms with van der Waals surface area (Å²) in [7, 11) is -6.98. The van der Waals surface area contributed by atoms with E-state index in [-0.39, 0.29) is 40.3 Å². The summed E-state index contributed by atoms with van der Waals surface area (Å²) in [6.45, 7) is 6.66. The Morgan fingerprint density at radius 1 is 0.943 bits per heavy atom. The van der Waals surface area contributed by atoms with Crippen LogP contribution < -0.4 is 4.90 Å². The average Bonchev–Trinajstić information content (AvgIpc) is 3.23. The zero-order valence-corrected chi connectivity index (χ0v) is 23.1. The van der Waals surface area contributed by atoms with Crippen LogP contribution in [0.4, 0.5) is 5.13 Å². The molecule has 0 unspecified atom stereocenters. The van der Waals surface area contributed by atoms with E-state index in [2.05, 4.69) is 9.88 Å². The van der Waals surface area contributed by atoms with Crippen LogP contribution in [0.15, 0.2) is 58.3 Å². The van der Waals surface area contributed by atoms with Crippen molar-refractivity contribution in [1.82, 2.24) is 9.88 Å². The molecular weight excluding hydrogens is 530 g/mol. The molecule has 192 valence electrons. The first-order valence-electron chi connectivity index (χ1n) is 11.0. The van der Waals surface area contributed by atoms with E-state index < -0.39 is 19.7 Å². The quantitative estimate of drug-likeness (QED) is 0.353. The molecule has 0 fully saturated rings. The van der Waals surface area contributed by atoms with Crippen LogP contribution in [0.1, 0.15) is 20.3 Å². The monoisotopic (exact) mass is 559 g/mol. The molecule has 1 aromatic heterocycles. The van der Waals surface area contributed by atoms with Gasteiger partial charge in [-0.05, 0) is 43.4 Å². The summed E-state index contributed by atoms with van der Waals surface area (Å²) in [6.07, 6.45) is 0.962. The summed E-state index contributed by atoms with van der Waals surface area (Å²) in [4.78, 5) is 21.8. The van der Waals surface area contributed by atoms with Crippen LogP contribution in [-0.2, 0) is 24.5 Å². The van der Waals surface area contributed by atoms with Crippen molar-refractivity contribution in [2.24, 2.45) is 0 Å². The minimum Gasteiger partial charge on any atom is -0.302 e. The maximum Gasteiger partial charge on any atom is 0.229 e. The van der Waals surface area contributed by atoms with Crippen molar-refractivity contribution in [1.29, 1.82) is 0 Å². The normalized spacial score (nSPS) is 12.0. The van der Waals surface area contributed by atoms with E-state index in [1.54, 1.807) is 30.3 Å². The fourth-order valence-electron chi connectivity index (χ4n) is 3.45. The number of sulfone groups is 2. The SMILES string of the molecule is CCN(CC)CCN(C(=O)CCS(=O)(=O)c1ccccc1)c1nc2ccc(S(C)(=O)=O)cc2s1.Cl. The smallest absolute Gasteiger partial charge is 0.229 e. The Morgan fingerprint density at radius 3 is 2.20 bits per heavy atom. The van der Waals surface area contributed by atoms with Crippen LogP contribution in [0, 0.1) is 0 Å². The largest absolute Gasteiger partial charge is 0.302 e. The summed E-state index contributed by atoms with van der Waals surface area (Å²) in [5.41, 5.74) is 0.588. The Labute approximate surface area is 217 Å². The van der Waals surface area contributed by atoms with Crippen molar-refractivity contribution >= 4 is 64.7 Å². The predicted octanol–water partition coefficient (Wildman–Crippen LogP) is 3.66. The van der Waals surface area contributed by atoms with Crippen LogP contribution in [0.5, 0.6) is 0 Å². The molecule has 12 heteroatoms. The van der Waals surface area contributed by atoms with Gasteiger partial charge in [-0.1, -0.05) is 43.4 Å². The number of rotatable bonds is 11. The molecule has 8 nitrogen and oxygen atoms in total. The van der Waals surface area contributed by atoms with Gasteiger partial charge in [0, 0.05) is 25.8 Å². The van der Waals surface area contributed by atoms with E-state index in [0.717, 1.165) is 19.3 Å². The molecular formula is C23H30ClN3O5S3. The number of thiazole rings is 1. The van der Waals surface area contributed by atoms with E-state index in [0.29, 0.717) is 28.4 Å². The second-order valence-electron chi connectivity index (χ2n) is 7.85. The van der Waals surface area contributed by atoms with Crippen LogP contribution in [0.25, 0.3) is 10.2 Å². The van der Waals surface area contributed by atoms with Gasteiger partial charge in [0.25, 0.3) is 0 Å². The number of carbonyl (C=O) groups is 1. The van der Waals surface area contributed by atoms with Gasteiger partial charge < -0.3 is 4.90 Å². The Hall–Kier alpha value is -2.05. The molecule has 0 saturated carbocycles. The number of hydrogen-bond donors (Lipinski definition) is 0. The predicted molar refractivity (Wildman–Crippen MR) is 143 cm³/mol.